The Hall–Kier alpha value is -1.54. The Balaban J connectivity index is 1.34. The molecule has 0 spiro atoms. The third-order valence-electron chi connectivity index (χ3n) is 7.47. The molecule has 11 N–H and O–H groups in total. The summed E-state index contributed by atoms with van der Waals surface area (Å²) < 4.78 is 60.6. The van der Waals surface area contributed by atoms with Gasteiger partial charge in [-0.1, -0.05) is 0 Å². The quantitative estimate of drug-likeness (QED) is 0.0894. The Bertz CT molecular complexity index is 1440. The van der Waals surface area contributed by atoms with Crippen molar-refractivity contribution in [2.24, 2.45) is 0 Å². The number of nitrogens with one attached hydrogen (secondary N) is 1. The minimum Gasteiger partial charge on any atom is -0.394 e. The van der Waals surface area contributed by atoms with Crippen molar-refractivity contribution in [3.63, 3.8) is 0 Å². The number of rotatable bonds is 12. The second-order valence-electron chi connectivity index (χ2n) is 10.8. The van der Waals surface area contributed by atoms with E-state index in [0.717, 1.165) is 4.57 Å². The van der Waals surface area contributed by atoms with Crippen molar-refractivity contribution in [3.8, 4) is 0 Å². The van der Waals surface area contributed by atoms with Crippen LogP contribution in [0.2, 0.25) is 0 Å². The summed E-state index contributed by atoms with van der Waals surface area (Å²) >= 11 is 0. The monoisotopic (exact) mass is 726 g/mol. The molecule has 25 heteroatoms. The highest BCUT2D eigenvalue weighted by molar-refractivity contribution is 7.61. The number of aromatic nitrogens is 2. The summed E-state index contributed by atoms with van der Waals surface area (Å²) in [7, 11) is -11.2. The number of hydrogen-bond donors (Lipinski definition) is 11. The van der Waals surface area contributed by atoms with Crippen molar-refractivity contribution in [2.45, 2.75) is 93.2 Å². The van der Waals surface area contributed by atoms with Gasteiger partial charge in [0.1, 0.15) is 61.2 Å². The fraction of sp³-hybridized carbons (Fsp3) is 0.818. The van der Waals surface area contributed by atoms with Gasteiger partial charge in [-0.25, -0.2) is 13.9 Å². The molecule has 1 aromatic rings. The van der Waals surface area contributed by atoms with Gasteiger partial charge >= 0.3 is 21.3 Å². The van der Waals surface area contributed by atoms with Gasteiger partial charge in [0.2, 0.25) is 0 Å². The normalized spacial score (nSPS) is 40.5. The van der Waals surface area contributed by atoms with E-state index in [4.69, 9.17) is 18.9 Å². The third kappa shape index (κ3) is 8.80. The first-order valence-corrected chi connectivity index (χ1v) is 16.8. The van der Waals surface area contributed by atoms with Crippen molar-refractivity contribution in [3.05, 3.63) is 32.6 Å². The molecule has 0 saturated carbocycles. The van der Waals surface area contributed by atoms with Gasteiger partial charge < -0.3 is 69.6 Å². The van der Waals surface area contributed by atoms with Crippen molar-refractivity contribution in [1.29, 1.82) is 0 Å². The van der Waals surface area contributed by atoms with E-state index in [1.54, 1.807) is 0 Å². The molecule has 3 fully saturated rings. The molecule has 47 heavy (non-hydrogen) atoms. The van der Waals surface area contributed by atoms with E-state index < -0.39 is 127 Å². The predicted octanol–water partition coefficient (Wildman–Crippen LogP) is -5.63. The molecular weight excluding hydrogens is 690 g/mol. The number of ether oxygens (including phenoxy) is 4. The van der Waals surface area contributed by atoms with Gasteiger partial charge in [-0.3, -0.25) is 23.4 Å². The van der Waals surface area contributed by atoms with Crippen molar-refractivity contribution in [2.75, 3.05) is 19.8 Å². The van der Waals surface area contributed by atoms with Crippen LogP contribution < -0.4 is 11.2 Å². The van der Waals surface area contributed by atoms with E-state index in [-0.39, 0.29) is 12.0 Å². The van der Waals surface area contributed by atoms with Gasteiger partial charge in [0.25, 0.3) is 5.56 Å². The number of phosphoric ester groups is 2. The average molecular weight is 726 g/mol. The number of H-pyrrole nitrogens is 1. The van der Waals surface area contributed by atoms with Crippen LogP contribution >= 0.6 is 15.6 Å². The molecule has 15 atom stereocenters. The molecule has 3 aliphatic rings. The SMILES string of the molecule is Cc1cn([C@H]2C[C@H](O)[C@@H](COP(=O)(O)OP(=O)(O)O[C@@H]3O[C@H](CO)[C@@H](O[C@@H]4O[C@H](CO)[C@@H](O)[C@H](O)[C@H]4O)[C@H](O)[C@H]3O)O2)c(=O)[nH]c1=O. The van der Waals surface area contributed by atoms with E-state index in [1.165, 1.54) is 13.1 Å². The largest absolute Gasteiger partial charge is 0.483 e. The molecule has 0 bridgehead atoms. The second-order valence-corrected chi connectivity index (χ2v) is 13.8. The summed E-state index contributed by atoms with van der Waals surface area (Å²) in [5.74, 6) is 0. The minimum atomic E-state index is -5.72. The zero-order chi connectivity index (χ0) is 35.0. The Morgan fingerprint density at radius 1 is 0.851 bits per heavy atom. The van der Waals surface area contributed by atoms with Crippen LogP contribution in [-0.2, 0) is 41.4 Å². The van der Waals surface area contributed by atoms with Crippen LogP contribution in [0.5, 0.6) is 0 Å². The molecule has 270 valence electrons. The van der Waals surface area contributed by atoms with Gasteiger partial charge in [0.05, 0.1) is 25.9 Å². The van der Waals surface area contributed by atoms with E-state index >= 15 is 0 Å². The molecular formula is C22H36N2O21P2. The van der Waals surface area contributed by atoms with E-state index in [0.29, 0.717) is 0 Å². The van der Waals surface area contributed by atoms with Gasteiger partial charge in [0, 0.05) is 18.2 Å². The van der Waals surface area contributed by atoms with Crippen LogP contribution in [0.25, 0.3) is 0 Å². The number of aromatic amines is 1. The number of aliphatic hydroxyl groups excluding tert-OH is 8. The van der Waals surface area contributed by atoms with E-state index in [9.17, 15) is 69.4 Å². The first-order chi connectivity index (χ1) is 21.9. The third-order valence-corrected chi connectivity index (χ3v) is 10.1. The van der Waals surface area contributed by atoms with Crippen molar-refractivity contribution < 1.29 is 92.1 Å². The summed E-state index contributed by atoms with van der Waals surface area (Å²) in [5, 5.41) is 80.5. The highest BCUT2D eigenvalue weighted by Crippen LogP contribution is 2.61. The summed E-state index contributed by atoms with van der Waals surface area (Å²) in [4.78, 5) is 45.9. The molecule has 0 radical (unpaired) electrons. The number of nitrogens with zero attached hydrogens (tertiary/aromatic N) is 1. The number of aliphatic hydroxyl groups is 8. The van der Waals surface area contributed by atoms with Gasteiger partial charge in [-0.2, -0.15) is 4.31 Å². The lowest BCUT2D eigenvalue weighted by molar-refractivity contribution is -0.353. The summed E-state index contributed by atoms with van der Waals surface area (Å²) in [6.45, 7) is -1.37. The van der Waals surface area contributed by atoms with Crippen LogP contribution in [0.15, 0.2) is 15.8 Å². The fourth-order valence-electron chi connectivity index (χ4n) is 4.95. The number of hydrogen-bond acceptors (Lipinski definition) is 19. The Morgan fingerprint density at radius 2 is 1.47 bits per heavy atom. The van der Waals surface area contributed by atoms with Crippen LogP contribution in [-0.4, -0.2) is 154 Å². The summed E-state index contributed by atoms with van der Waals surface area (Å²) in [6.07, 6.45) is -22.1. The minimum absolute atomic E-state index is 0.149. The summed E-state index contributed by atoms with van der Waals surface area (Å²) in [5.41, 5.74) is -1.36. The molecule has 4 rings (SSSR count). The van der Waals surface area contributed by atoms with Gasteiger partial charge in [-0.15, -0.1) is 0 Å². The first-order valence-electron chi connectivity index (χ1n) is 13.8. The topological polar surface area (TPSA) is 356 Å². The van der Waals surface area contributed by atoms with E-state index in [1.807, 2.05) is 4.98 Å². The fourth-order valence-corrected chi connectivity index (χ4v) is 7.11. The Morgan fingerprint density at radius 3 is 2.11 bits per heavy atom. The standard InChI is InChI=1S/C22H36N2O21P2/c1-7-3-24(22(34)23-19(7)33)12-2-8(27)11(40-12)6-39-46(35,36)45-47(37,38)44-21-17(32)15(30)18(10(5-26)42-21)43-20-16(31)14(29)13(28)9(4-25)41-20/h3,8-18,20-21,25-32H,2,4-6H2,1H3,(H,35,36)(H,37,38)(H,23,33,34)/t8-,9+,10+,11+,12+,13+,14-,15+,16+,17+,18+,20-,21-/m0/s1. The summed E-state index contributed by atoms with van der Waals surface area (Å²) in [6, 6.07) is 0. The van der Waals surface area contributed by atoms with Crippen LogP contribution in [0.1, 0.15) is 18.2 Å². The van der Waals surface area contributed by atoms with Crippen LogP contribution in [0.3, 0.4) is 0 Å². The highest BCUT2D eigenvalue weighted by Gasteiger charge is 2.52. The maximum Gasteiger partial charge on any atom is 0.483 e. The number of phosphoric acid groups is 2. The first kappa shape index (κ1) is 38.3. The molecule has 1 aromatic heterocycles. The molecule has 0 amide bonds. The molecule has 23 nitrogen and oxygen atoms in total. The van der Waals surface area contributed by atoms with Gasteiger partial charge in [0.15, 0.2) is 12.6 Å². The maximum absolute atomic E-state index is 12.6. The van der Waals surface area contributed by atoms with Crippen LogP contribution in [0, 0.1) is 6.92 Å². The Labute approximate surface area is 263 Å². The second kappa shape index (κ2) is 15.1. The highest BCUT2D eigenvalue weighted by atomic mass is 31.3. The lowest BCUT2D eigenvalue weighted by Crippen LogP contribution is -2.64. The predicted molar refractivity (Wildman–Crippen MR) is 145 cm³/mol. The average Bonchev–Trinajstić information content (AvgIpc) is 3.36. The zero-order valence-electron chi connectivity index (χ0n) is 24.2. The van der Waals surface area contributed by atoms with Crippen molar-refractivity contribution >= 4 is 15.6 Å². The number of aryl methyl sites for hydroxylation is 1. The van der Waals surface area contributed by atoms with E-state index in [2.05, 4.69) is 13.4 Å². The molecule has 0 aromatic carbocycles. The molecule has 4 heterocycles. The molecule has 3 aliphatic heterocycles. The lowest BCUT2D eigenvalue weighted by Gasteiger charge is -2.45. The van der Waals surface area contributed by atoms with Crippen LogP contribution in [0.4, 0.5) is 0 Å². The van der Waals surface area contributed by atoms with Crippen molar-refractivity contribution in [1.82, 2.24) is 9.55 Å². The lowest BCUT2D eigenvalue weighted by atomic mass is 9.97. The zero-order valence-corrected chi connectivity index (χ0v) is 26.0. The molecule has 2 unspecified atom stereocenters. The Kier molecular flexibility index (Phi) is 12.3. The molecule has 0 aliphatic carbocycles. The maximum atomic E-state index is 12.6. The smallest absolute Gasteiger partial charge is 0.394 e. The molecule has 3 saturated heterocycles. The van der Waals surface area contributed by atoms with Gasteiger partial charge in [-0.05, 0) is 6.92 Å².